The van der Waals surface area contributed by atoms with Gasteiger partial charge in [0, 0.05) is 18.8 Å². The Morgan fingerprint density at radius 2 is 2.64 bits per heavy atom. The van der Waals surface area contributed by atoms with Crippen LogP contribution in [0.5, 0.6) is 0 Å². The molecule has 0 radical (unpaired) electrons. The quantitative estimate of drug-likeness (QED) is 0.546. The van der Waals surface area contributed by atoms with Crippen LogP contribution in [0.4, 0.5) is 0 Å². The molecule has 58 valence electrons. The first kappa shape index (κ1) is 6.39. The average molecular weight is 152 g/mol. The summed E-state index contributed by atoms with van der Waals surface area (Å²) in [5.74, 6) is -0.172. The molecule has 4 heteroatoms. The molecule has 1 aliphatic heterocycles. The molecule has 2 rings (SSSR count). The fourth-order valence-corrected chi connectivity index (χ4v) is 1.19. The van der Waals surface area contributed by atoms with Crippen molar-refractivity contribution in [2.45, 2.75) is 12.5 Å². The Morgan fingerprint density at radius 1 is 1.73 bits per heavy atom. The zero-order valence-electron chi connectivity index (χ0n) is 5.93. The summed E-state index contributed by atoms with van der Waals surface area (Å²) < 4.78 is 6.42. The first-order valence-electron chi connectivity index (χ1n) is 3.54. The van der Waals surface area contributed by atoms with E-state index in [1.54, 1.807) is 23.1 Å². The third-order valence-electron chi connectivity index (χ3n) is 1.75. The first-order chi connectivity index (χ1) is 5.38. The summed E-state index contributed by atoms with van der Waals surface area (Å²) in [5.41, 5.74) is 0. The van der Waals surface area contributed by atoms with Gasteiger partial charge in [0.15, 0.2) is 6.04 Å². The van der Waals surface area contributed by atoms with Crippen molar-refractivity contribution in [3.05, 3.63) is 18.5 Å². The molecule has 1 aliphatic rings. The molecule has 1 aromatic heterocycles. The van der Waals surface area contributed by atoms with Gasteiger partial charge in [-0.2, -0.15) is 5.10 Å². The van der Waals surface area contributed by atoms with Gasteiger partial charge in [-0.3, -0.25) is 4.68 Å². The highest BCUT2D eigenvalue weighted by atomic mass is 16.5. The Hall–Kier alpha value is -1.32. The number of cyclic esters (lactones) is 1. The van der Waals surface area contributed by atoms with Gasteiger partial charge in [-0.1, -0.05) is 0 Å². The highest BCUT2D eigenvalue weighted by Gasteiger charge is 2.27. The summed E-state index contributed by atoms with van der Waals surface area (Å²) in [7, 11) is 0. The third-order valence-corrected chi connectivity index (χ3v) is 1.75. The summed E-state index contributed by atoms with van der Waals surface area (Å²) in [6.45, 7) is 0.517. The number of carbonyl (C=O) groups is 1. The van der Waals surface area contributed by atoms with Gasteiger partial charge in [-0.05, 0) is 6.07 Å². The van der Waals surface area contributed by atoms with E-state index in [0.717, 1.165) is 6.42 Å². The molecule has 0 spiro atoms. The largest absolute Gasteiger partial charge is 0.464 e. The van der Waals surface area contributed by atoms with Crippen molar-refractivity contribution in [1.29, 1.82) is 0 Å². The molecule has 1 atom stereocenters. The third kappa shape index (κ3) is 1.00. The van der Waals surface area contributed by atoms with Crippen LogP contribution in [0.15, 0.2) is 18.5 Å². The normalized spacial score (nSPS) is 23.6. The van der Waals surface area contributed by atoms with Crippen molar-refractivity contribution in [1.82, 2.24) is 9.78 Å². The molecule has 1 aromatic rings. The van der Waals surface area contributed by atoms with Gasteiger partial charge >= 0.3 is 5.97 Å². The van der Waals surface area contributed by atoms with E-state index in [1.807, 2.05) is 0 Å². The van der Waals surface area contributed by atoms with Crippen LogP contribution in [0.3, 0.4) is 0 Å². The molecule has 0 N–H and O–H groups in total. The summed E-state index contributed by atoms with van der Waals surface area (Å²) in [6.07, 6.45) is 4.17. The molecule has 1 unspecified atom stereocenters. The molecule has 11 heavy (non-hydrogen) atoms. The van der Waals surface area contributed by atoms with Crippen LogP contribution in [0.2, 0.25) is 0 Å². The lowest BCUT2D eigenvalue weighted by Crippen LogP contribution is -2.14. The SMILES string of the molecule is O=C1OCCC1n1cccn1. The maximum atomic E-state index is 11.0. The molecule has 4 nitrogen and oxygen atoms in total. The number of rotatable bonds is 1. The summed E-state index contributed by atoms with van der Waals surface area (Å²) in [5, 5.41) is 3.96. The fourth-order valence-electron chi connectivity index (χ4n) is 1.19. The minimum atomic E-state index is -0.190. The Bertz CT molecular complexity index is 255. The molecule has 0 amide bonds. The second-order valence-corrected chi connectivity index (χ2v) is 2.46. The molecule has 0 bridgehead atoms. The zero-order chi connectivity index (χ0) is 7.68. The van der Waals surface area contributed by atoms with Gasteiger partial charge in [-0.25, -0.2) is 4.79 Å². The number of aromatic nitrogens is 2. The van der Waals surface area contributed by atoms with E-state index in [4.69, 9.17) is 4.74 Å². The van der Waals surface area contributed by atoms with Crippen LogP contribution in [-0.2, 0) is 9.53 Å². The van der Waals surface area contributed by atoms with Crippen molar-refractivity contribution in [2.24, 2.45) is 0 Å². The van der Waals surface area contributed by atoms with E-state index in [-0.39, 0.29) is 12.0 Å². The Morgan fingerprint density at radius 3 is 3.18 bits per heavy atom. The summed E-state index contributed by atoms with van der Waals surface area (Å²) in [4.78, 5) is 11.0. The zero-order valence-corrected chi connectivity index (χ0v) is 5.93. The maximum absolute atomic E-state index is 11.0. The smallest absolute Gasteiger partial charge is 0.331 e. The van der Waals surface area contributed by atoms with E-state index >= 15 is 0 Å². The monoisotopic (exact) mass is 152 g/mol. The average Bonchev–Trinajstić information content (AvgIpc) is 2.55. The number of carbonyl (C=O) groups excluding carboxylic acids is 1. The van der Waals surface area contributed by atoms with Crippen molar-refractivity contribution in [2.75, 3.05) is 6.61 Å². The van der Waals surface area contributed by atoms with Gasteiger partial charge in [0.25, 0.3) is 0 Å². The minimum Gasteiger partial charge on any atom is -0.464 e. The summed E-state index contributed by atoms with van der Waals surface area (Å²) in [6, 6.07) is 1.61. The van der Waals surface area contributed by atoms with E-state index in [0.29, 0.717) is 6.61 Å². The van der Waals surface area contributed by atoms with Gasteiger partial charge in [0.1, 0.15) is 0 Å². The van der Waals surface area contributed by atoms with Crippen LogP contribution in [-0.4, -0.2) is 22.4 Å². The van der Waals surface area contributed by atoms with Gasteiger partial charge < -0.3 is 4.74 Å². The van der Waals surface area contributed by atoms with Crippen LogP contribution in [0, 0.1) is 0 Å². The molecule has 0 aromatic carbocycles. The predicted octanol–water partition coefficient (Wildman–Crippen LogP) is 0.371. The van der Waals surface area contributed by atoms with Gasteiger partial charge in [0.05, 0.1) is 6.61 Å². The van der Waals surface area contributed by atoms with Crippen LogP contribution < -0.4 is 0 Å². The highest BCUT2D eigenvalue weighted by Crippen LogP contribution is 2.18. The molecule has 1 fully saturated rings. The maximum Gasteiger partial charge on any atom is 0.331 e. The van der Waals surface area contributed by atoms with Crippen LogP contribution in [0.25, 0.3) is 0 Å². The predicted molar refractivity (Wildman–Crippen MR) is 36.8 cm³/mol. The number of hydrogen-bond donors (Lipinski definition) is 0. The molecule has 0 saturated carbocycles. The van der Waals surface area contributed by atoms with E-state index < -0.39 is 0 Å². The molecule has 1 saturated heterocycles. The molecular weight excluding hydrogens is 144 g/mol. The Kier molecular flexibility index (Phi) is 1.38. The number of hydrogen-bond acceptors (Lipinski definition) is 3. The Labute approximate surface area is 63.8 Å². The number of nitrogens with zero attached hydrogens (tertiary/aromatic N) is 2. The summed E-state index contributed by atoms with van der Waals surface area (Å²) >= 11 is 0. The second kappa shape index (κ2) is 2.38. The van der Waals surface area contributed by atoms with Crippen LogP contribution >= 0.6 is 0 Å². The van der Waals surface area contributed by atoms with E-state index in [9.17, 15) is 4.79 Å². The lowest BCUT2D eigenvalue weighted by molar-refractivity contribution is -0.140. The second-order valence-electron chi connectivity index (χ2n) is 2.46. The minimum absolute atomic E-state index is 0.172. The van der Waals surface area contributed by atoms with E-state index in [1.165, 1.54) is 0 Å². The van der Waals surface area contributed by atoms with Gasteiger partial charge in [-0.15, -0.1) is 0 Å². The number of ether oxygens (including phenoxy) is 1. The number of esters is 1. The van der Waals surface area contributed by atoms with Crippen molar-refractivity contribution >= 4 is 5.97 Å². The lowest BCUT2D eigenvalue weighted by Gasteiger charge is -2.03. The standard InChI is InChI=1S/C7H8N2O2/c10-7-6(2-5-11-7)9-4-1-3-8-9/h1,3-4,6H,2,5H2. The van der Waals surface area contributed by atoms with E-state index in [2.05, 4.69) is 5.10 Å². The Balaban J connectivity index is 2.23. The topological polar surface area (TPSA) is 44.1 Å². The van der Waals surface area contributed by atoms with Crippen molar-refractivity contribution < 1.29 is 9.53 Å². The molecular formula is C7H8N2O2. The first-order valence-corrected chi connectivity index (χ1v) is 3.54. The molecule has 2 heterocycles. The van der Waals surface area contributed by atoms with Crippen LogP contribution in [0.1, 0.15) is 12.5 Å². The molecule has 0 aliphatic carbocycles. The highest BCUT2D eigenvalue weighted by molar-refractivity contribution is 5.75. The lowest BCUT2D eigenvalue weighted by atomic mass is 10.3. The fraction of sp³-hybridized carbons (Fsp3) is 0.429. The van der Waals surface area contributed by atoms with Crippen molar-refractivity contribution in [3.8, 4) is 0 Å². The van der Waals surface area contributed by atoms with Crippen molar-refractivity contribution in [3.63, 3.8) is 0 Å². The van der Waals surface area contributed by atoms with Gasteiger partial charge in [0.2, 0.25) is 0 Å².